The number of benzene rings is 2. The molecular formula is C26H31N7O4. The van der Waals surface area contributed by atoms with E-state index in [0.29, 0.717) is 17.8 Å². The van der Waals surface area contributed by atoms with Gasteiger partial charge < -0.3 is 25.5 Å². The number of morpholine rings is 1. The van der Waals surface area contributed by atoms with Crippen molar-refractivity contribution >= 4 is 34.2 Å². The van der Waals surface area contributed by atoms with Crippen LogP contribution in [0.5, 0.6) is 5.75 Å². The molecule has 37 heavy (non-hydrogen) atoms. The number of nitrogens with zero attached hydrogens (tertiary/aromatic N) is 3. The van der Waals surface area contributed by atoms with Gasteiger partial charge in [-0.05, 0) is 49.2 Å². The highest BCUT2D eigenvalue weighted by molar-refractivity contribution is 6.50. The van der Waals surface area contributed by atoms with Crippen LogP contribution in [0.15, 0.2) is 47.5 Å². The fourth-order valence-corrected chi connectivity index (χ4v) is 4.68. The van der Waals surface area contributed by atoms with Crippen LogP contribution in [0.2, 0.25) is 0 Å². The molecule has 0 saturated carbocycles. The number of H-pyrrole nitrogens is 1. The van der Waals surface area contributed by atoms with E-state index in [1.807, 2.05) is 43.3 Å². The average Bonchev–Trinajstić information content (AvgIpc) is 3.54. The molecule has 0 radical (unpaired) electrons. The number of nitrogens with one attached hydrogen (secondary N) is 3. The summed E-state index contributed by atoms with van der Waals surface area (Å²) in [5.41, 5.74) is 6.89. The van der Waals surface area contributed by atoms with E-state index in [-0.39, 0.29) is 18.2 Å². The second-order valence-corrected chi connectivity index (χ2v) is 9.15. The molecule has 2 aliphatic heterocycles. The zero-order chi connectivity index (χ0) is 25.8. The Hall–Kier alpha value is -3.80. The van der Waals surface area contributed by atoms with E-state index in [1.54, 1.807) is 6.07 Å². The van der Waals surface area contributed by atoms with Crippen molar-refractivity contribution in [2.24, 2.45) is 10.7 Å². The first kappa shape index (κ1) is 24.9. The number of fused-ring (bicyclic) bond motifs is 1. The average molecular weight is 506 g/mol. The van der Waals surface area contributed by atoms with Crippen molar-refractivity contribution in [1.29, 1.82) is 0 Å². The van der Waals surface area contributed by atoms with Gasteiger partial charge >= 0.3 is 0 Å². The Kier molecular flexibility index (Phi) is 7.17. The number of anilines is 1. The topological polar surface area (TPSA) is 147 Å². The number of aromatic nitrogens is 2. The van der Waals surface area contributed by atoms with E-state index in [9.17, 15) is 9.59 Å². The standard InChI is InChI=1S/C26H31N7O4/c1-17-15-18(37-12-4-9-33-10-13-36-14-11-33)7-8-19(17)30-23(34)22-26(24(27)35,29-16-28-22)25-31-20-5-2-3-6-21(20)32-25/h2-3,5-8,15,29H,4,9-14,16H2,1H3,(H2,27,35)(H,30,34)(H,31,32). The Balaban J connectivity index is 1.26. The number of carbonyl (C=O) groups excluding carboxylic acids is 2. The Morgan fingerprint density at radius 2 is 2.03 bits per heavy atom. The number of amides is 2. The third-order valence-corrected chi connectivity index (χ3v) is 6.70. The molecule has 2 aromatic carbocycles. The lowest BCUT2D eigenvalue weighted by atomic mass is 9.91. The molecule has 5 rings (SSSR count). The maximum atomic E-state index is 13.3. The molecule has 11 heteroatoms. The molecule has 2 amide bonds. The minimum atomic E-state index is -1.67. The maximum Gasteiger partial charge on any atom is 0.272 e. The van der Waals surface area contributed by atoms with Crippen molar-refractivity contribution in [3.63, 3.8) is 0 Å². The number of primary amides is 1. The van der Waals surface area contributed by atoms with Crippen LogP contribution in [0.1, 0.15) is 17.8 Å². The van der Waals surface area contributed by atoms with E-state index >= 15 is 0 Å². The van der Waals surface area contributed by atoms with Crippen molar-refractivity contribution < 1.29 is 19.1 Å². The number of para-hydroxylation sites is 2. The van der Waals surface area contributed by atoms with Gasteiger partial charge in [-0.15, -0.1) is 0 Å². The first-order valence-electron chi connectivity index (χ1n) is 12.4. The first-order chi connectivity index (χ1) is 18.0. The molecule has 3 heterocycles. The lowest BCUT2D eigenvalue weighted by molar-refractivity contribution is -0.123. The fraction of sp³-hybridized carbons (Fsp3) is 0.385. The predicted octanol–water partition coefficient (Wildman–Crippen LogP) is 1.29. The molecule has 3 aromatic rings. The van der Waals surface area contributed by atoms with E-state index in [4.69, 9.17) is 15.2 Å². The predicted molar refractivity (Wildman–Crippen MR) is 140 cm³/mol. The Morgan fingerprint density at radius 1 is 1.22 bits per heavy atom. The summed E-state index contributed by atoms with van der Waals surface area (Å²) in [6.07, 6.45) is 0.918. The molecule has 5 N–H and O–H groups in total. The highest BCUT2D eigenvalue weighted by atomic mass is 16.5. The van der Waals surface area contributed by atoms with Gasteiger partial charge in [0.2, 0.25) is 5.54 Å². The minimum Gasteiger partial charge on any atom is -0.494 e. The van der Waals surface area contributed by atoms with Gasteiger partial charge in [0, 0.05) is 25.3 Å². The van der Waals surface area contributed by atoms with Gasteiger partial charge in [-0.3, -0.25) is 24.8 Å². The number of hydrogen-bond acceptors (Lipinski definition) is 8. The monoisotopic (exact) mass is 505 g/mol. The van der Waals surface area contributed by atoms with Gasteiger partial charge in [0.1, 0.15) is 17.3 Å². The van der Waals surface area contributed by atoms with Crippen LogP contribution < -0.4 is 21.1 Å². The summed E-state index contributed by atoms with van der Waals surface area (Å²) >= 11 is 0. The fourth-order valence-electron chi connectivity index (χ4n) is 4.68. The number of nitrogens with two attached hydrogens (primary N) is 1. The number of aryl methyl sites for hydroxylation is 1. The van der Waals surface area contributed by atoms with Crippen molar-refractivity contribution in [3.05, 3.63) is 53.9 Å². The van der Waals surface area contributed by atoms with Crippen LogP contribution in [0.25, 0.3) is 11.0 Å². The van der Waals surface area contributed by atoms with Gasteiger partial charge in [-0.25, -0.2) is 4.98 Å². The summed E-state index contributed by atoms with van der Waals surface area (Å²) < 4.78 is 11.3. The first-order valence-corrected chi connectivity index (χ1v) is 12.4. The third kappa shape index (κ3) is 5.06. The van der Waals surface area contributed by atoms with Crippen LogP contribution in [0.3, 0.4) is 0 Å². The molecule has 0 bridgehead atoms. The van der Waals surface area contributed by atoms with Crippen LogP contribution >= 0.6 is 0 Å². The largest absolute Gasteiger partial charge is 0.494 e. The van der Waals surface area contributed by atoms with Gasteiger partial charge in [-0.2, -0.15) is 0 Å². The van der Waals surface area contributed by atoms with Crippen molar-refractivity contribution in [2.75, 3.05) is 51.4 Å². The Bertz CT molecular complexity index is 1300. The third-order valence-electron chi connectivity index (χ3n) is 6.70. The summed E-state index contributed by atoms with van der Waals surface area (Å²) in [5.74, 6) is -0.349. The SMILES string of the molecule is Cc1cc(OCCCN2CCOCC2)ccc1NC(=O)C1=NCNC1(C(N)=O)c1nc2ccccc2[nH]1. The molecule has 1 unspecified atom stereocenters. The number of carbonyl (C=O) groups is 2. The lowest BCUT2D eigenvalue weighted by Gasteiger charge is -2.26. The number of aliphatic imine (C=N–C) groups is 1. The highest BCUT2D eigenvalue weighted by Gasteiger charge is 2.52. The molecule has 0 spiro atoms. The highest BCUT2D eigenvalue weighted by Crippen LogP contribution is 2.28. The van der Waals surface area contributed by atoms with E-state index < -0.39 is 17.4 Å². The summed E-state index contributed by atoms with van der Waals surface area (Å²) in [6, 6.07) is 12.8. The van der Waals surface area contributed by atoms with Gasteiger partial charge in [0.05, 0.1) is 37.5 Å². The molecule has 0 aliphatic carbocycles. The van der Waals surface area contributed by atoms with Crippen LogP contribution in [0.4, 0.5) is 5.69 Å². The van der Waals surface area contributed by atoms with Crippen molar-refractivity contribution in [2.45, 2.75) is 18.9 Å². The number of imidazole rings is 1. The Morgan fingerprint density at radius 3 is 2.78 bits per heavy atom. The lowest BCUT2D eigenvalue weighted by Crippen LogP contribution is -2.58. The second-order valence-electron chi connectivity index (χ2n) is 9.15. The summed E-state index contributed by atoms with van der Waals surface area (Å²) in [4.78, 5) is 40.3. The molecule has 1 saturated heterocycles. The van der Waals surface area contributed by atoms with Crippen molar-refractivity contribution in [3.8, 4) is 5.75 Å². The summed E-state index contributed by atoms with van der Waals surface area (Å²) in [6.45, 7) is 7.00. The quantitative estimate of drug-likeness (QED) is 0.321. The number of hydrogen-bond donors (Lipinski definition) is 4. The zero-order valence-electron chi connectivity index (χ0n) is 20.8. The normalized spacial score (nSPS) is 20.1. The zero-order valence-corrected chi connectivity index (χ0v) is 20.8. The van der Waals surface area contributed by atoms with E-state index in [1.165, 1.54) is 0 Å². The van der Waals surface area contributed by atoms with Gasteiger partial charge in [-0.1, -0.05) is 12.1 Å². The van der Waals surface area contributed by atoms with Crippen LogP contribution in [-0.4, -0.2) is 78.5 Å². The van der Waals surface area contributed by atoms with E-state index in [0.717, 1.165) is 56.1 Å². The number of ether oxygens (including phenoxy) is 2. The number of rotatable bonds is 9. The molecule has 1 atom stereocenters. The summed E-state index contributed by atoms with van der Waals surface area (Å²) in [5, 5.41) is 5.85. The van der Waals surface area contributed by atoms with Crippen molar-refractivity contribution in [1.82, 2.24) is 20.2 Å². The van der Waals surface area contributed by atoms with Gasteiger partial charge in [0.15, 0.2) is 0 Å². The smallest absolute Gasteiger partial charge is 0.272 e. The molecule has 11 nitrogen and oxygen atoms in total. The van der Waals surface area contributed by atoms with Crippen LogP contribution in [0, 0.1) is 6.92 Å². The van der Waals surface area contributed by atoms with E-state index in [2.05, 4.69) is 30.5 Å². The maximum absolute atomic E-state index is 13.3. The minimum absolute atomic E-state index is 0.0399. The second kappa shape index (κ2) is 10.7. The van der Waals surface area contributed by atoms with Crippen LogP contribution in [-0.2, 0) is 19.9 Å². The summed E-state index contributed by atoms with van der Waals surface area (Å²) in [7, 11) is 0. The molecule has 1 fully saturated rings. The molecular weight excluding hydrogens is 474 g/mol. The molecule has 194 valence electrons. The number of aromatic amines is 1. The molecule has 1 aromatic heterocycles. The Labute approximate surface area is 214 Å². The molecule has 2 aliphatic rings. The van der Waals surface area contributed by atoms with Gasteiger partial charge in [0.25, 0.3) is 11.8 Å².